The summed E-state index contributed by atoms with van der Waals surface area (Å²) < 4.78 is 0. The Morgan fingerprint density at radius 1 is 1.30 bits per heavy atom. The van der Waals surface area contributed by atoms with Gasteiger partial charge in [-0.25, -0.2) is 4.79 Å². The minimum Gasteiger partial charge on any atom is -0.319 e. The Morgan fingerprint density at radius 3 is 2.70 bits per heavy atom. The number of nitrogens with zero attached hydrogens (tertiary/aromatic N) is 3. The Kier molecular flexibility index (Phi) is 4.39. The minimum absolute atomic E-state index is 0.363. The summed E-state index contributed by atoms with van der Waals surface area (Å²) in [6, 6.07) is 8.50. The number of hydrogen-bond donors (Lipinski definition) is 2. The maximum atomic E-state index is 13.0. The van der Waals surface area contributed by atoms with Gasteiger partial charge in [0.1, 0.15) is 17.1 Å². The van der Waals surface area contributed by atoms with Crippen molar-refractivity contribution in [2.45, 2.75) is 37.6 Å². The van der Waals surface area contributed by atoms with Gasteiger partial charge < -0.3 is 5.32 Å². The molecule has 2 aliphatic rings. The van der Waals surface area contributed by atoms with Gasteiger partial charge in [-0.2, -0.15) is 0 Å². The van der Waals surface area contributed by atoms with Crippen molar-refractivity contribution in [3.63, 3.8) is 0 Å². The fourth-order valence-electron chi connectivity index (χ4n) is 3.21. The van der Waals surface area contributed by atoms with E-state index in [0.717, 1.165) is 22.7 Å². The highest BCUT2D eigenvalue weighted by Gasteiger charge is 2.51. The van der Waals surface area contributed by atoms with Gasteiger partial charge in [-0.15, -0.1) is 10.2 Å². The second kappa shape index (κ2) is 6.73. The first kappa shape index (κ1) is 17.6. The lowest BCUT2D eigenvalue weighted by atomic mass is 9.87. The molecule has 2 heterocycles. The van der Waals surface area contributed by atoms with Crippen LogP contribution < -0.4 is 10.6 Å². The molecule has 4 amide bonds. The number of anilines is 1. The first-order chi connectivity index (χ1) is 13.0. The van der Waals surface area contributed by atoms with Crippen LogP contribution in [0.3, 0.4) is 0 Å². The lowest BCUT2D eigenvalue weighted by molar-refractivity contribution is -0.134. The van der Waals surface area contributed by atoms with E-state index < -0.39 is 23.4 Å². The van der Waals surface area contributed by atoms with E-state index in [1.165, 1.54) is 11.3 Å². The fourth-order valence-corrected chi connectivity index (χ4v) is 4.14. The number of carbonyl (C=O) groups is 3. The molecule has 0 unspecified atom stereocenters. The van der Waals surface area contributed by atoms with Gasteiger partial charge in [-0.1, -0.05) is 48.6 Å². The molecule has 9 heteroatoms. The second-order valence-electron chi connectivity index (χ2n) is 6.71. The van der Waals surface area contributed by atoms with Gasteiger partial charge in [0, 0.05) is 5.92 Å². The molecule has 4 rings (SSSR count). The van der Waals surface area contributed by atoms with Crippen molar-refractivity contribution in [3.05, 3.63) is 40.9 Å². The Balaban J connectivity index is 1.47. The fraction of sp³-hybridized carbons (Fsp3) is 0.389. The van der Waals surface area contributed by atoms with Crippen molar-refractivity contribution in [3.8, 4) is 0 Å². The summed E-state index contributed by atoms with van der Waals surface area (Å²) in [6.07, 6.45) is 2.59. The lowest BCUT2D eigenvalue weighted by Gasteiger charge is -2.25. The van der Waals surface area contributed by atoms with Gasteiger partial charge in [0.15, 0.2) is 0 Å². The van der Waals surface area contributed by atoms with Gasteiger partial charge in [0.2, 0.25) is 11.0 Å². The number of benzene rings is 1. The first-order valence-corrected chi connectivity index (χ1v) is 9.68. The third-order valence-electron chi connectivity index (χ3n) is 4.89. The number of imide groups is 1. The molecule has 1 aromatic heterocycles. The average molecular weight is 385 g/mol. The van der Waals surface area contributed by atoms with Crippen LogP contribution in [-0.2, 0) is 15.1 Å². The molecule has 1 aliphatic carbocycles. The third-order valence-corrected chi connectivity index (χ3v) is 5.89. The highest BCUT2D eigenvalue weighted by molar-refractivity contribution is 7.15. The Bertz CT molecular complexity index is 895. The van der Waals surface area contributed by atoms with Crippen LogP contribution in [0.2, 0.25) is 0 Å². The Morgan fingerprint density at radius 2 is 2.04 bits per heavy atom. The zero-order valence-electron chi connectivity index (χ0n) is 14.8. The van der Waals surface area contributed by atoms with Crippen LogP contribution in [0.15, 0.2) is 30.3 Å². The summed E-state index contributed by atoms with van der Waals surface area (Å²) in [5.74, 6) is -0.445. The van der Waals surface area contributed by atoms with Gasteiger partial charge in [0.05, 0.1) is 0 Å². The first-order valence-electron chi connectivity index (χ1n) is 8.86. The molecule has 140 valence electrons. The summed E-state index contributed by atoms with van der Waals surface area (Å²) in [4.78, 5) is 38.7. The normalized spacial score (nSPS) is 22.0. The standard InChI is InChI=1S/C18H19N5O3S/c1-2-18(12-6-4-3-5-7-12)15(25)23(17(26)20-18)10-13(24)19-16-22-21-14(27-16)11-8-9-11/h3-7,11H,2,8-10H2,1H3,(H,20,26)(H,19,22,24)/t18-/m1/s1. The van der Waals surface area contributed by atoms with Crippen molar-refractivity contribution >= 4 is 34.3 Å². The molecule has 1 saturated carbocycles. The van der Waals surface area contributed by atoms with Gasteiger partial charge in [-0.05, 0) is 24.8 Å². The van der Waals surface area contributed by atoms with Crippen LogP contribution >= 0.6 is 11.3 Å². The zero-order chi connectivity index (χ0) is 19.0. The Labute approximate surface area is 160 Å². The highest BCUT2D eigenvalue weighted by atomic mass is 32.1. The molecule has 2 fully saturated rings. The van der Waals surface area contributed by atoms with Crippen molar-refractivity contribution in [2.24, 2.45) is 0 Å². The second-order valence-corrected chi connectivity index (χ2v) is 7.72. The smallest absolute Gasteiger partial charge is 0.319 e. The molecule has 1 atom stereocenters. The van der Waals surface area contributed by atoms with E-state index in [1.54, 1.807) is 12.1 Å². The molecule has 1 aromatic carbocycles. The Hall–Kier alpha value is -2.81. The molecule has 1 aliphatic heterocycles. The van der Waals surface area contributed by atoms with Crippen molar-refractivity contribution in [2.75, 3.05) is 11.9 Å². The van der Waals surface area contributed by atoms with Crippen LogP contribution in [0.4, 0.5) is 9.93 Å². The molecule has 2 aromatic rings. The topological polar surface area (TPSA) is 104 Å². The summed E-state index contributed by atoms with van der Waals surface area (Å²) in [6.45, 7) is 1.47. The van der Waals surface area contributed by atoms with E-state index in [2.05, 4.69) is 20.8 Å². The number of rotatable bonds is 6. The van der Waals surface area contributed by atoms with Crippen LogP contribution in [0.25, 0.3) is 0 Å². The van der Waals surface area contributed by atoms with Crippen molar-refractivity contribution < 1.29 is 14.4 Å². The van der Waals surface area contributed by atoms with E-state index in [-0.39, 0.29) is 6.54 Å². The number of hydrogen-bond acceptors (Lipinski definition) is 6. The van der Waals surface area contributed by atoms with Gasteiger partial charge in [-0.3, -0.25) is 19.8 Å². The summed E-state index contributed by atoms with van der Waals surface area (Å²) in [5, 5.41) is 14.7. The van der Waals surface area contributed by atoms with E-state index in [1.807, 2.05) is 25.1 Å². The average Bonchev–Trinajstić information content (AvgIpc) is 3.38. The quantitative estimate of drug-likeness (QED) is 0.742. The van der Waals surface area contributed by atoms with Gasteiger partial charge in [0.25, 0.3) is 5.91 Å². The summed E-state index contributed by atoms with van der Waals surface area (Å²) in [5.41, 5.74) is -0.438. The molecule has 2 N–H and O–H groups in total. The molecule has 8 nitrogen and oxygen atoms in total. The molecular formula is C18H19N5O3S. The van der Waals surface area contributed by atoms with Crippen LogP contribution in [-0.4, -0.2) is 39.5 Å². The van der Waals surface area contributed by atoms with E-state index in [4.69, 9.17) is 0 Å². The maximum Gasteiger partial charge on any atom is 0.325 e. The monoisotopic (exact) mass is 385 g/mol. The summed E-state index contributed by atoms with van der Waals surface area (Å²) in [7, 11) is 0. The highest BCUT2D eigenvalue weighted by Crippen LogP contribution is 2.42. The molecule has 0 bridgehead atoms. The number of aromatic nitrogens is 2. The SMILES string of the molecule is CC[C@]1(c2ccccc2)NC(=O)N(CC(=O)Nc2nnc(C3CC3)s2)C1=O. The van der Waals surface area contributed by atoms with Gasteiger partial charge >= 0.3 is 6.03 Å². The molecule has 1 saturated heterocycles. The maximum absolute atomic E-state index is 13.0. The van der Waals surface area contributed by atoms with Crippen LogP contribution in [0.1, 0.15) is 42.7 Å². The molecule has 0 spiro atoms. The third kappa shape index (κ3) is 3.18. The van der Waals surface area contributed by atoms with Crippen LogP contribution in [0, 0.1) is 0 Å². The number of urea groups is 1. The van der Waals surface area contributed by atoms with Crippen molar-refractivity contribution in [1.82, 2.24) is 20.4 Å². The molecule has 27 heavy (non-hydrogen) atoms. The number of nitrogens with one attached hydrogen (secondary N) is 2. The molecular weight excluding hydrogens is 366 g/mol. The largest absolute Gasteiger partial charge is 0.325 e. The predicted molar refractivity (Wildman–Crippen MR) is 99.2 cm³/mol. The van der Waals surface area contributed by atoms with Crippen molar-refractivity contribution in [1.29, 1.82) is 0 Å². The number of carbonyl (C=O) groups excluding carboxylic acids is 3. The predicted octanol–water partition coefficient (Wildman–Crippen LogP) is 2.21. The lowest BCUT2D eigenvalue weighted by Crippen LogP contribution is -2.44. The number of amides is 4. The minimum atomic E-state index is -1.14. The van der Waals surface area contributed by atoms with Crippen LogP contribution in [0.5, 0.6) is 0 Å². The molecule has 0 radical (unpaired) electrons. The summed E-state index contributed by atoms with van der Waals surface area (Å²) >= 11 is 1.33. The van der Waals surface area contributed by atoms with E-state index in [0.29, 0.717) is 23.0 Å². The van der Waals surface area contributed by atoms with E-state index in [9.17, 15) is 14.4 Å². The zero-order valence-corrected chi connectivity index (χ0v) is 15.6. The van der Waals surface area contributed by atoms with E-state index >= 15 is 0 Å².